The number of rotatable bonds is 3. The summed E-state index contributed by atoms with van der Waals surface area (Å²) in [4.78, 5) is 0. The smallest absolute Gasteiger partial charge is 0.0136 e. The van der Waals surface area contributed by atoms with Crippen LogP contribution in [0.25, 0.3) is 0 Å². The average molecular weight is 210 g/mol. The van der Waals surface area contributed by atoms with Crippen LogP contribution in [-0.4, -0.2) is 0 Å². The molecule has 1 fully saturated rings. The van der Waals surface area contributed by atoms with Gasteiger partial charge in [0, 0.05) is 0 Å². The molecule has 1 aliphatic carbocycles. The van der Waals surface area contributed by atoms with Crippen LogP contribution in [0.5, 0.6) is 0 Å². The van der Waals surface area contributed by atoms with Gasteiger partial charge < -0.3 is 0 Å². The molecular weight excluding hydrogens is 180 g/mol. The normalized spacial score (nSPS) is 36.4. The van der Waals surface area contributed by atoms with E-state index < -0.39 is 0 Å². The van der Waals surface area contributed by atoms with Crippen molar-refractivity contribution in [2.24, 2.45) is 28.1 Å². The van der Waals surface area contributed by atoms with Gasteiger partial charge in [-0.2, -0.15) is 0 Å². The summed E-state index contributed by atoms with van der Waals surface area (Å²) in [5.74, 6) is 1.76. The van der Waals surface area contributed by atoms with Crippen LogP contribution < -0.4 is 0 Å². The fourth-order valence-electron chi connectivity index (χ4n) is 5.27. The third-order valence-electron chi connectivity index (χ3n) is 5.44. The summed E-state index contributed by atoms with van der Waals surface area (Å²) in [6.45, 7) is 19.5. The van der Waals surface area contributed by atoms with Gasteiger partial charge in [-0.25, -0.2) is 0 Å². The second kappa shape index (κ2) is 3.50. The third kappa shape index (κ3) is 1.40. The molecule has 0 aromatic rings. The summed E-state index contributed by atoms with van der Waals surface area (Å²) in [7, 11) is 0. The highest BCUT2D eigenvalue weighted by molar-refractivity contribution is 5.22. The van der Waals surface area contributed by atoms with Gasteiger partial charge in [-0.05, 0) is 28.1 Å². The zero-order valence-corrected chi connectivity index (χ0v) is 12.1. The molecule has 0 bridgehead atoms. The van der Waals surface area contributed by atoms with Gasteiger partial charge in [-0.3, -0.25) is 0 Å². The molecule has 90 valence electrons. The van der Waals surface area contributed by atoms with E-state index in [-0.39, 0.29) is 0 Å². The number of hydrogen-bond donors (Lipinski definition) is 0. The maximum Gasteiger partial charge on any atom is -0.0136 e. The lowest BCUT2D eigenvalue weighted by Crippen LogP contribution is -2.33. The van der Waals surface area contributed by atoms with Crippen molar-refractivity contribution >= 4 is 0 Å². The Kier molecular flexibility index (Phi) is 3.05. The largest absolute Gasteiger partial charge is 0.0651 e. The van der Waals surface area contributed by atoms with Gasteiger partial charge in [0.25, 0.3) is 0 Å². The minimum Gasteiger partial charge on any atom is -0.0651 e. The van der Waals surface area contributed by atoms with Crippen molar-refractivity contribution in [3.05, 3.63) is 0 Å². The summed E-state index contributed by atoms with van der Waals surface area (Å²) in [6.07, 6.45) is 2.66. The zero-order valence-electron chi connectivity index (χ0n) is 12.1. The lowest BCUT2D eigenvalue weighted by atomic mass is 9.65. The minimum atomic E-state index is 0.437. The van der Waals surface area contributed by atoms with E-state index in [0.717, 1.165) is 11.8 Å². The minimum absolute atomic E-state index is 0.437. The summed E-state index contributed by atoms with van der Waals surface area (Å²) in [5.41, 5.74) is 1.53. The van der Waals surface area contributed by atoms with Crippen LogP contribution in [0.15, 0.2) is 0 Å². The van der Waals surface area contributed by atoms with Crippen molar-refractivity contribution < 1.29 is 0 Å². The maximum absolute atomic E-state index is 2.48. The predicted molar refractivity (Wildman–Crippen MR) is 68.9 cm³/mol. The zero-order chi connectivity index (χ0) is 12.1. The topological polar surface area (TPSA) is 0 Å². The van der Waals surface area contributed by atoms with Crippen molar-refractivity contribution in [1.82, 2.24) is 0 Å². The molecule has 15 heavy (non-hydrogen) atoms. The highest BCUT2D eigenvalue weighted by atomic mass is 14.8. The maximum atomic E-state index is 2.48. The lowest BCUT2D eigenvalue weighted by molar-refractivity contribution is 0.0842. The van der Waals surface area contributed by atoms with E-state index in [9.17, 15) is 0 Å². The van der Waals surface area contributed by atoms with Crippen LogP contribution in [0.4, 0.5) is 0 Å². The lowest BCUT2D eigenvalue weighted by Gasteiger charge is -2.40. The highest BCUT2D eigenvalue weighted by Crippen LogP contribution is 2.80. The molecule has 0 heteroatoms. The fourth-order valence-corrected chi connectivity index (χ4v) is 5.27. The molecule has 0 spiro atoms. The molecule has 1 saturated carbocycles. The second-order valence-corrected chi connectivity index (χ2v) is 7.11. The van der Waals surface area contributed by atoms with Gasteiger partial charge in [0.15, 0.2) is 0 Å². The molecule has 0 amide bonds. The van der Waals surface area contributed by atoms with Crippen LogP contribution >= 0.6 is 0 Å². The Labute approximate surface area is 96.8 Å². The van der Waals surface area contributed by atoms with E-state index >= 15 is 0 Å². The summed E-state index contributed by atoms with van der Waals surface area (Å²) >= 11 is 0. The molecule has 0 aromatic heterocycles. The van der Waals surface area contributed by atoms with E-state index in [4.69, 9.17) is 0 Å². The highest BCUT2D eigenvalue weighted by Gasteiger charge is 2.75. The molecule has 1 rings (SSSR count). The van der Waals surface area contributed by atoms with Gasteiger partial charge in [0.1, 0.15) is 0 Å². The quantitative estimate of drug-likeness (QED) is 0.605. The first-order chi connectivity index (χ1) is 6.67. The first-order valence-corrected chi connectivity index (χ1v) is 6.67. The van der Waals surface area contributed by atoms with Crippen molar-refractivity contribution in [2.75, 3.05) is 0 Å². The first kappa shape index (κ1) is 13.1. The molecular formula is C15H30. The Morgan fingerprint density at radius 3 is 1.80 bits per heavy atom. The Balaban J connectivity index is 3.13. The number of hydrogen-bond acceptors (Lipinski definition) is 0. The van der Waals surface area contributed by atoms with E-state index in [2.05, 4.69) is 55.4 Å². The van der Waals surface area contributed by atoms with E-state index in [1.165, 1.54) is 12.8 Å². The Bertz CT molecular complexity index is 231. The molecule has 0 nitrogen and oxygen atoms in total. The molecule has 0 aliphatic heterocycles. The monoisotopic (exact) mass is 210 g/mol. The summed E-state index contributed by atoms with van der Waals surface area (Å²) < 4.78 is 0. The molecule has 1 aliphatic rings. The first-order valence-electron chi connectivity index (χ1n) is 6.67. The molecule has 0 aromatic carbocycles. The summed E-state index contributed by atoms with van der Waals surface area (Å²) in [5, 5.41) is 0. The van der Waals surface area contributed by atoms with Crippen molar-refractivity contribution in [2.45, 2.75) is 68.2 Å². The average Bonchev–Trinajstić information content (AvgIpc) is 2.61. The Morgan fingerprint density at radius 2 is 1.60 bits per heavy atom. The van der Waals surface area contributed by atoms with E-state index in [1.807, 2.05) is 0 Å². The van der Waals surface area contributed by atoms with E-state index in [0.29, 0.717) is 16.2 Å². The van der Waals surface area contributed by atoms with Gasteiger partial charge in [-0.15, -0.1) is 0 Å². The van der Waals surface area contributed by atoms with Gasteiger partial charge in [0.2, 0.25) is 0 Å². The Morgan fingerprint density at radius 1 is 1.13 bits per heavy atom. The molecule has 0 radical (unpaired) electrons. The molecule has 0 heterocycles. The molecule has 3 unspecified atom stereocenters. The molecule has 0 saturated heterocycles. The van der Waals surface area contributed by atoms with Crippen LogP contribution in [0, 0.1) is 28.1 Å². The van der Waals surface area contributed by atoms with E-state index in [1.54, 1.807) is 0 Å². The standard InChI is InChI=1S/C15H30/c1-9-11(3)15(13(4,5)6)12(10-2)14(15,7)8/h11-12H,9-10H2,1-8H3. The van der Waals surface area contributed by atoms with Gasteiger partial charge in [0.05, 0.1) is 0 Å². The van der Waals surface area contributed by atoms with Crippen LogP contribution in [0.3, 0.4) is 0 Å². The van der Waals surface area contributed by atoms with Crippen molar-refractivity contribution in [3.63, 3.8) is 0 Å². The Hall–Kier alpha value is 0. The van der Waals surface area contributed by atoms with Crippen LogP contribution in [0.2, 0.25) is 0 Å². The van der Waals surface area contributed by atoms with Crippen molar-refractivity contribution in [3.8, 4) is 0 Å². The molecule has 3 atom stereocenters. The predicted octanol–water partition coefficient (Wildman–Crippen LogP) is 5.13. The van der Waals surface area contributed by atoms with Crippen LogP contribution in [-0.2, 0) is 0 Å². The van der Waals surface area contributed by atoms with Gasteiger partial charge >= 0.3 is 0 Å². The summed E-state index contributed by atoms with van der Waals surface area (Å²) in [6, 6.07) is 0. The SMILES string of the molecule is CCC(C)C1(C(C)(C)C)C(CC)C1(C)C. The van der Waals surface area contributed by atoms with Crippen molar-refractivity contribution in [1.29, 1.82) is 0 Å². The fraction of sp³-hybridized carbons (Fsp3) is 1.00. The second-order valence-electron chi connectivity index (χ2n) is 7.11. The van der Waals surface area contributed by atoms with Crippen LogP contribution in [0.1, 0.15) is 68.2 Å². The third-order valence-corrected chi connectivity index (χ3v) is 5.44. The van der Waals surface area contributed by atoms with Gasteiger partial charge in [-0.1, -0.05) is 68.2 Å². The molecule has 0 N–H and O–H groups in total.